The SMILES string of the molecule is Cc1ccc(NC(=S)NCCC(=O)O)cc1. The van der Waals surface area contributed by atoms with Crippen LogP contribution in [0.4, 0.5) is 5.69 Å². The van der Waals surface area contributed by atoms with Gasteiger partial charge in [-0.1, -0.05) is 17.7 Å². The Morgan fingerprint density at radius 1 is 1.38 bits per heavy atom. The summed E-state index contributed by atoms with van der Waals surface area (Å²) in [5.74, 6) is -0.842. The first-order valence-electron chi connectivity index (χ1n) is 4.91. The Labute approximate surface area is 99.7 Å². The lowest BCUT2D eigenvalue weighted by Gasteiger charge is -2.09. The molecule has 4 nitrogen and oxygen atoms in total. The van der Waals surface area contributed by atoms with Crippen LogP contribution in [-0.4, -0.2) is 22.7 Å². The first-order chi connectivity index (χ1) is 7.58. The molecule has 0 unspecified atom stereocenters. The van der Waals surface area contributed by atoms with Crippen molar-refractivity contribution in [2.75, 3.05) is 11.9 Å². The number of hydrogen-bond acceptors (Lipinski definition) is 2. The predicted molar refractivity (Wildman–Crippen MR) is 67.7 cm³/mol. The number of carboxylic acids is 1. The minimum atomic E-state index is -0.842. The van der Waals surface area contributed by atoms with Crippen molar-refractivity contribution in [1.82, 2.24) is 5.32 Å². The number of anilines is 1. The number of benzene rings is 1. The topological polar surface area (TPSA) is 61.4 Å². The van der Waals surface area contributed by atoms with Crippen molar-refractivity contribution < 1.29 is 9.90 Å². The van der Waals surface area contributed by atoms with Gasteiger partial charge in [0.15, 0.2) is 5.11 Å². The highest BCUT2D eigenvalue weighted by Gasteiger charge is 1.99. The monoisotopic (exact) mass is 238 g/mol. The van der Waals surface area contributed by atoms with Crippen molar-refractivity contribution in [1.29, 1.82) is 0 Å². The van der Waals surface area contributed by atoms with E-state index in [1.54, 1.807) is 0 Å². The molecule has 0 bridgehead atoms. The number of carbonyl (C=O) groups is 1. The van der Waals surface area contributed by atoms with Gasteiger partial charge in [0.05, 0.1) is 6.42 Å². The Morgan fingerprint density at radius 2 is 2.00 bits per heavy atom. The number of rotatable bonds is 4. The zero-order chi connectivity index (χ0) is 12.0. The number of aliphatic carboxylic acids is 1. The average molecular weight is 238 g/mol. The van der Waals surface area contributed by atoms with Gasteiger partial charge in [-0.05, 0) is 31.3 Å². The summed E-state index contributed by atoms with van der Waals surface area (Å²) in [6.07, 6.45) is 0.0513. The number of thiocarbonyl (C=S) groups is 1. The second kappa shape index (κ2) is 6.07. The lowest BCUT2D eigenvalue weighted by atomic mass is 10.2. The van der Waals surface area contributed by atoms with Gasteiger partial charge in [-0.15, -0.1) is 0 Å². The fourth-order valence-electron chi connectivity index (χ4n) is 1.10. The van der Waals surface area contributed by atoms with E-state index in [0.717, 1.165) is 5.69 Å². The zero-order valence-corrected chi connectivity index (χ0v) is 9.80. The van der Waals surface area contributed by atoms with Crippen molar-refractivity contribution in [3.05, 3.63) is 29.8 Å². The Kier molecular flexibility index (Phi) is 4.72. The van der Waals surface area contributed by atoms with Crippen LogP contribution < -0.4 is 10.6 Å². The fraction of sp³-hybridized carbons (Fsp3) is 0.273. The van der Waals surface area contributed by atoms with E-state index in [1.807, 2.05) is 31.2 Å². The molecule has 0 fully saturated rings. The zero-order valence-electron chi connectivity index (χ0n) is 8.99. The van der Waals surface area contributed by atoms with Gasteiger partial charge in [0, 0.05) is 12.2 Å². The molecule has 5 heteroatoms. The molecule has 0 atom stereocenters. The quantitative estimate of drug-likeness (QED) is 0.698. The molecule has 1 rings (SSSR count). The Bertz CT molecular complexity index is 376. The maximum absolute atomic E-state index is 10.3. The molecule has 0 aliphatic rings. The highest BCUT2D eigenvalue weighted by molar-refractivity contribution is 7.80. The minimum absolute atomic E-state index is 0.0513. The van der Waals surface area contributed by atoms with Crippen LogP contribution in [0.25, 0.3) is 0 Å². The molecule has 16 heavy (non-hydrogen) atoms. The molecule has 0 saturated carbocycles. The van der Waals surface area contributed by atoms with Crippen molar-refractivity contribution in [3.63, 3.8) is 0 Å². The molecule has 0 aliphatic heterocycles. The largest absolute Gasteiger partial charge is 0.481 e. The second-order valence-electron chi connectivity index (χ2n) is 3.39. The van der Waals surface area contributed by atoms with E-state index < -0.39 is 5.97 Å². The Balaban J connectivity index is 2.34. The van der Waals surface area contributed by atoms with E-state index in [1.165, 1.54) is 5.56 Å². The van der Waals surface area contributed by atoms with Gasteiger partial charge >= 0.3 is 5.97 Å². The molecule has 1 aromatic rings. The number of nitrogens with one attached hydrogen (secondary N) is 2. The van der Waals surface area contributed by atoms with E-state index >= 15 is 0 Å². The summed E-state index contributed by atoms with van der Waals surface area (Å²) in [5, 5.41) is 14.7. The lowest BCUT2D eigenvalue weighted by Crippen LogP contribution is -2.30. The predicted octanol–water partition coefficient (Wildman–Crippen LogP) is 1.76. The van der Waals surface area contributed by atoms with Crippen molar-refractivity contribution >= 4 is 29.0 Å². The standard InChI is InChI=1S/C11H14N2O2S/c1-8-2-4-9(5-3-8)13-11(16)12-7-6-10(14)15/h2-5H,6-7H2,1H3,(H,14,15)(H2,12,13,16). The molecule has 0 amide bonds. The summed E-state index contributed by atoms with van der Waals surface area (Å²) in [5.41, 5.74) is 2.06. The van der Waals surface area contributed by atoms with Gasteiger partial charge in [-0.25, -0.2) is 0 Å². The lowest BCUT2D eigenvalue weighted by molar-refractivity contribution is -0.136. The molecule has 1 aromatic carbocycles. The van der Waals surface area contributed by atoms with Crippen LogP contribution in [0.15, 0.2) is 24.3 Å². The first kappa shape index (κ1) is 12.4. The summed E-state index contributed by atoms with van der Waals surface area (Å²) in [4.78, 5) is 10.3. The second-order valence-corrected chi connectivity index (χ2v) is 3.80. The summed E-state index contributed by atoms with van der Waals surface area (Å²) in [6.45, 7) is 2.33. The van der Waals surface area contributed by atoms with E-state index in [-0.39, 0.29) is 6.42 Å². The third-order valence-corrected chi connectivity index (χ3v) is 2.18. The van der Waals surface area contributed by atoms with Gasteiger partial charge in [-0.3, -0.25) is 4.79 Å². The normalized spacial score (nSPS) is 9.56. The molecule has 3 N–H and O–H groups in total. The molecule has 0 spiro atoms. The number of hydrogen-bond donors (Lipinski definition) is 3. The number of carboxylic acid groups (broad SMARTS) is 1. The summed E-state index contributed by atoms with van der Waals surface area (Å²) < 4.78 is 0. The molecule has 0 aliphatic carbocycles. The highest BCUT2D eigenvalue weighted by atomic mass is 32.1. The van der Waals surface area contributed by atoms with Crippen LogP contribution in [0.3, 0.4) is 0 Å². The van der Waals surface area contributed by atoms with Crippen LogP contribution in [-0.2, 0) is 4.79 Å². The third-order valence-electron chi connectivity index (χ3n) is 1.93. The van der Waals surface area contributed by atoms with Crippen LogP contribution in [0.5, 0.6) is 0 Å². The van der Waals surface area contributed by atoms with Crippen molar-refractivity contribution in [2.24, 2.45) is 0 Å². The smallest absolute Gasteiger partial charge is 0.305 e. The van der Waals surface area contributed by atoms with E-state index in [9.17, 15) is 4.79 Å². The first-order valence-corrected chi connectivity index (χ1v) is 5.32. The van der Waals surface area contributed by atoms with Crippen LogP contribution >= 0.6 is 12.2 Å². The van der Waals surface area contributed by atoms with Crippen LogP contribution in [0.1, 0.15) is 12.0 Å². The molecule has 86 valence electrons. The molecule has 0 radical (unpaired) electrons. The molecular weight excluding hydrogens is 224 g/mol. The molecule has 0 saturated heterocycles. The Hall–Kier alpha value is -1.62. The summed E-state index contributed by atoms with van der Waals surface area (Å²) in [6, 6.07) is 7.78. The van der Waals surface area contributed by atoms with E-state index in [4.69, 9.17) is 17.3 Å². The van der Waals surface area contributed by atoms with Gasteiger partial charge < -0.3 is 15.7 Å². The van der Waals surface area contributed by atoms with Gasteiger partial charge in [-0.2, -0.15) is 0 Å². The summed E-state index contributed by atoms with van der Waals surface area (Å²) in [7, 11) is 0. The molecular formula is C11H14N2O2S. The Morgan fingerprint density at radius 3 is 2.56 bits per heavy atom. The van der Waals surface area contributed by atoms with Gasteiger partial charge in [0.1, 0.15) is 0 Å². The maximum Gasteiger partial charge on any atom is 0.305 e. The van der Waals surface area contributed by atoms with Crippen molar-refractivity contribution in [2.45, 2.75) is 13.3 Å². The average Bonchev–Trinajstić information content (AvgIpc) is 2.21. The molecule has 0 heterocycles. The van der Waals surface area contributed by atoms with Crippen molar-refractivity contribution in [3.8, 4) is 0 Å². The van der Waals surface area contributed by atoms with Gasteiger partial charge in [0.2, 0.25) is 0 Å². The van der Waals surface area contributed by atoms with E-state index in [2.05, 4.69) is 10.6 Å². The van der Waals surface area contributed by atoms with Crippen LogP contribution in [0.2, 0.25) is 0 Å². The summed E-state index contributed by atoms with van der Waals surface area (Å²) >= 11 is 5.01. The fourth-order valence-corrected chi connectivity index (χ4v) is 1.32. The highest BCUT2D eigenvalue weighted by Crippen LogP contribution is 2.07. The molecule has 0 aromatic heterocycles. The van der Waals surface area contributed by atoms with Gasteiger partial charge in [0.25, 0.3) is 0 Å². The maximum atomic E-state index is 10.3. The minimum Gasteiger partial charge on any atom is -0.481 e. The third kappa shape index (κ3) is 4.75. The number of aryl methyl sites for hydroxylation is 1. The van der Waals surface area contributed by atoms with Crippen LogP contribution in [0, 0.1) is 6.92 Å². The van der Waals surface area contributed by atoms with E-state index in [0.29, 0.717) is 11.7 Å².